The van der Waals surface area contributed by atoms with Gasteiger partial charge in [-0.1, -0.05) is 6.58 Å². The minimum atomic E-state index is 0.361. The van der Waals surface area contributed by atoms with Gasteiger partial charge in [-0.05, 0) is 36.8 Å². The molecule has 26 heavy (non-hydrogen) atoms. The van der Waals surface area contributed by atoms with E-state index in [1.807, 2.05) is 38.2 Å². The Morgan fingerprint density at radius 3 is 2.58 bits per heavy atom. The third-order valence-corrected chi connectivity index (χ3v) is 3.10. The number of benzene rings is 1. The highest BCUT2D eigenvalue weighted by Crippen LogP contribution is 2.35. The van der Waals surface area contributed by atoms with Gasteiger partial charge in [0.25, 0.3) is 0 Å². The SMILES string of the molecule is C=CC=O.CNc1ccc(Oc2ncc(C)cc2N)c(OCCOC)c1. The summed E-state index contributed by atoms with van der Waals surface area (Å²) in [5.41, 5.74) is 8.32. The lowest BCUT2D eigenvalue weighted by molar-refractivity contribution is -0.104. The smallest absolute Gasteiger partial charge is 0.242 e. The molecule has 0 spiro atoms. The van der Waals surface area contributed by atoms with E-state index in [1.165, 1.54) is 6.08 Å². The summed E-state index contributed by atoms with van der Waals surface area (Å²) in [5, 5.41) is 3.06. The normalized spacial score (nSPS) is 9.50. The van der Waals surface area contributed by atoms with Crippen LogP contribution in [0.4, 0.5) is 11.4 Å². The van der Waals surface area contributed by atoms with Crippen LogP contribution in [0.15, 0.2) is 43.1 Å². The molecule has 0 unspecified atom stereocenters. The highest BCUT2D eigenvalue weighted by atomic mass is 16.5. The van der Waals surface area contributed by atoms with Crippen molar-refractivity contribution in [2.45, 2.75) is 6.92 Å². The van der Waals surface area contributed by atoms with Crippen LogP contribution in [0.5, 0.6) is 17.4 Å². The average molecular weight is 359 g/mol. The zero-order valence-electron chi connectivity index (χ0n) is 15.3. The van der Waals surface area contributed by atoms with Crippen molar-refractivity contribution >= 4 is 17.7 Å². The summed E-state index contributed by atoms with van der Waals surface area (Å²) in [6, 6.07) is 7.38. The van der Waals surface area contributed by atoms with E-state index in [-0.39, 0.29) is 0 Å². The third-order valence-electron chi connectivity index (χ3n) is 3.10. The molecule has 2 rings (SSSR count). The van der Waals surface area contributed by atoms with Crippen molar-refractivity contribution in [1.29, 1.82) is 0 Å². The maximum Gasteiger partial charge on any atom is 0.242 e. The van der Waals surface area contributed by atoms with Crippen molar-refractivity contribution in [2.75, 3.05) is 38.4 Å². The minimum Gasteiger partial charge on any atom is -0.487 e. The number of carbonyl (C=O) groups excluding carboxylic acids is 1. The molecule has 1 heterocycles. The monoisotopic (exact) mass is 359 g/mol. The van der Waals surface area contributed by atoms with Gasteiger partial charge >= 0.3 is 0 Å². The van der Waals surface area contributed by atoms with Crippen LogP contribution in [0.2, 0.25) is 0 Å². The Labute approximate surface area is 153 Å². The molecule has 0 aliphatic rings. The molecule has 3 N–H and O–H groups in total. The van der Waals surface area contributed by atoms with Gasteiger partial charge in [0, 0.05) is 32.1 Å². The number of hydrogen-bond acceptors (Lipinski definition) is 7. The number of aldehydes is 1. The summed E-state index contributed by atoms with van der Waals surface area (Å²) in [7, 11) is 3.47. The Hall–Kier alpha value is -3.06. The van der Waals surface area contributed by atoms with E-state index >= 15 is 0 Å². The fourth-order valence-electron chi connectivity index (χ4n) is 1.86. The highest BCUT2D eigenvalue weighted by molar-refractivity contribution is 5.63. The molecule has 0 amide bonds. The van der Waals surface area contributed by atoms with E-state index in [2.05, 4.69) is 16.9 Å². The van der Waals surface area contributed by atoms with Crippen LogP contribution >= 0.6 is 0 Å². The third kappa shape index (κ3) is 6.82. The van der Waals surface area contributed by atoms with E-state index in [4.69, 9.17) is 24.7 Å². The zero-order chi connectivity index (χ0) is 19.4. The van der Waals surface area contributed by atoms with Crippen LogP contribution in [-0.2, 0) is 9.53 Å². The molecular formula is C19H25N3O4. The second kappa shape index (κ2) is 11.5. The number of rotatable bonds is 8. The summed E-state index contributed by atoms with van der Waals surface area (Å²) in [5.74, 6) is 1.52. The molecule has 7 heteroatoms. The largest absolute Gasteiger partial charge is 0.487 e. The number of hydrogen-bond donors (Lipinski definition) is 2. The van der Waals surface area contributed by atoms with E-state index in [1.54, 1.807) is 13.3 Å². The summed E-state index contributed by atoms with van der Waals surface area (Å²) < 4.78 is 16.5. The molecule has 7 nitrogen and oxygen atoms in total. The van der Waals surface area contributed by atoms with Gasteiger partial charge in [0.05, 0.1) is 12.3 Å². The van der Waals surface area contributed by atoms with Gasteiger partial charge in [-0.3, -0.25) is 4.79 Å². The number of aromatic nitrogens is 1. The summed E-state index contributed by atoms with van der Waals surface area (Å²) in [6.07, 6.45) is 3.54. The van der Waals surface area contributed by atoms with Crippen LogP contribution in [0.25, 0.3) is 0 Å². The molecule has 0 atom stereocenters. The molecule has 0 bridgehead atoms. The summed E-state index contributed by atoms with van der Waals surface area (Å²) >= 11 is 0. The van der Waals surface area contributed by atoms with Gasteiger partial charge in [-0.15, -0.1) is 0 Å². The van der Waals surface area contributed by atoms with Crippen LogP contribution < -0.4 is 20.5 Å². The van der Waals surface area contributed by atoms with Gasteiger partial charge in [0.15, 0.2) is 11.5 Å². The molecule has 140 valence electrons. The first-order chi connectivity index (χ1) is 12.5. The average Bonchev–Trinajstić information content (AvgIpc) is 2.65. The number of allylic oxidation sites excluding steroid dienone is 1. The number of nitrogens with two attached hydrogens (primary N) is 1. The summed E-state index contributed by atoms with van der Waals surface area (Å²) in [4.78, 5) is 13.3. The standard InChI is InChI=1S/C16H21N3O3.C3H4O/c1-11-8-13(17)16(19-10-11)22-14-5-4-12(18-2)9-15(14)21-7-6-20-3;1-2-3-4/h4-5,8-10,18H,6-7,17H2,1-3H3;2-3H,1H2. The number of nitrogen functional groups attached to an aromatic ring is 1. The van der Waals surface area contributed by atoms with Crippen LogP contribution in [0, 0.1) is 6.92 Å². The van der Waals surface area contributed by atoms with E-state index in [0.29, 0.717) is 42.6 Å². The molecule has 0 radical (unpaired) electrons. The topological polar surface area (TPSA) is 95.7 Å². The Bertz CT molecular complexity index is 714. The molecule has 0 saturated carbocycles. The number of pyridine rings is 1. The lowest BCUT2D eigenvalue weighted by Crippen LogP contribution is -2.06. The van der Waals surface area contributed by atoms with Gasteiger partial charge in [0.2, 0.25) is 5.88 Å². The number of anilines is 2. The maximum absolute atomic E-state index is 9.06. The molecule has 0 fully saturated rings. The molecule has 1 aromatic heterocycles. The van der Waals surface area contributed by atoms with Gasteiger partial charge in [-0.25, -0.2) is 4.98 Å². The number of aryl methyl sites for hydroxylation is 1. The molecule has 0 saturated heterocycles. The first kappa shape index (κ1) is 21.0. The fourth-order valence-corrected chi connectivity index (χ4v) is 1.86. The van der Waals surface area contributed by atoms with Crippen molar-refractivity contribution in [3.63, 3.8) is 0 Å². The second-order valence-electron chi connectivity index (χ2n) is 5.13. The molecule has 0 aliphatic carbocycles. The first-order valence-electron chi connectivity index (χ1n) is 7.95. The van der Waals surface area contributed by atoms with Gasteiger partial charge in [0.1, 0.15) is 12.9 Å². The maximum atomic E-state index is 9.06. The van der Waals surface area contributed by atoms with Crippen molar-refractivity contribution in [2.24, 2.45) is 0 Å². The lowest BCUT2D eigenvalue weighted by Gasteiger charge is -2.14. The predicted octanol–water partition coefficient (Wildman–Crippen LogP) is 3.20. The minimum absolute atomic E-state index is 0.361. The quantitative estimate of drug-likeness (QED) is 0.424. The second-order valence-corrected chi connectivity index (χ2v) is 5.13. The summed E-state index contributed by atoms with van der Waals surface area (Å²) in [6.45, 7) is 5.96. The van der Waals surface area contributed by atoms with Crippen molar-refractivity contribution < 1.29 is 19.0 Å². The predicted molar refractivity (Wildman–Crippen MR) is 103 cm³/mol. The number of carbonyl (C=O) groups is 1. The van der Waals surface area contributed by atoms with Crippen LogP contribution in [0.3, 0.4) is 0 Å². The van der Waals surface area contributed by atoms with Gasteiger partial charge in [-0.2, -0.15) is 0 Å². The zero-order valence-corrected chi connectivity index (χ0v) is 15.3. The number of ether oxygens (including phenoxy) is 3. The highest BCUT2D eigenvalue weighted by Gasteiger charge is 2.11. The Morgan fingerprint density at radius 1 is 1.27 bits per heavy atom. The Morgan fingerprint density at radius 2 is 2.00 bits per heavy atom. The molecule has 1 aromatic carbocycles. The Kier molecular flexibility index (Phi) is 9.27. The molecule has 2 aromatic rings. The van der Waals surface area contributed by atoms with Gasteiger partial charge < -0.3 is 25.3 Å². The van der Waals surface area contributed by atoms with E-state index in [9.17, 15) is 0 Å². The lowest BCUT2D eigenvalue weighted by atomic mass is 10.2. The number of nitrogens with one attached hydrogen (secondary N) is 1. The Balaban J connectivity index is 0.000000765. The van der Waals surface area contributed by atoms with Crippen molar-refractivity contribution in [3.05, 3.63) is 48.7 Å². The molecule has 0 aliphatic heterocycles. The van der Waals surface area contributed by atoms with Crippen LogP contribution in [-0.4, -0.2) is 38.6 Å². The van der Waals surface area contributed by atoms with Crippen LogP contribution in [0.1, 0.15) is 5.56 Å². The van der Waals surface area contributed by atoms with Crippen molar-refractivity contribution in [3.8, 4) is 17.4 Å². The fraction of sp³-hybridized carbons (Fsp3) is 0.263. The van der Waals surface area contributed by atoms with E-state index < -0.39 is 0 Å². The first-order valence-corrected chi connectivity index (χ1v) is 7.95. The van der Waals surface area contributed by atoms with Crippen molar-refractivity contribution in [1.82, 2.24) is 4.98 Å². The number of methoxy groups -OCH3 is 1. The molecular weight excluding hydrogens is 334 g/mol. The van der Waals surface area contributed by atoms with E-state index in [0.717, 1.165) is 11.3 Å². The number of nitrogens with zero attached hydrogens (tertiary/aromatic N) is 1.